The summed E-state index contributed by atoms with van der Waals surface area (Å²) in [5.74, 6) is 1.68. The maximum absolute atomic E-state index is 13.6. The van der Waals surface area contributed by atoms with Crippen LogP contribution < -0.4 is 4.74 Å². The van der Waals surface area contributed by atoms with E-state index < -0.39 is 0 Å². The van der Waals surface area contributed by atoms with Crippen LogP contribution in [0.3, 0.4) is 0 Å². The first-order chi connectivity index (χ1) is 16.3. The van der Waals surface area contributed by atoms with E-state index in [2.05, 4.69) is 6.92 Å². The molecule has 0 amide bonds. The second-order valence-corrected chi connectivity index (χ2v) is 11.9. The van der Waals surface area contributed by atoms with Crippen molar-refractivity contribution >= 4 is 28.6 Å². The van der Waals surface area contributed by atoms with E-state index in [-0.39, 0.29) is 57.7 Å². The largest absolute Gasteiger partial charge is 0.507 e. The highest BCUT2D eigenvalue weighted by atomic mass is 79.9. The number of halogens is 1. The van der Waals surface area contributed by atoms with E-state index >= 15 is 0 Å². The second kappa shape index (κ2) is 11.4. The number of likely N-dealkylation sites (tertiary alicyclic amines) is 1. The van der Waals surface area contributed by atoms with E-state index in [1.807, 2.05) is 82.8 Å². The molecule has 36 heavy (non-hydrogen) atoms. The lowest BCUT2D eigenvalue weighted by atomic mass is 9.78. The van der Waals surface area contributed by atoms with Crippen LogP contribution in [0.5, 0.6) is 11.5 Å². The van der Waals surface area contributed by atoms with Gasteiger partial charge < -0.3 is 14.7 Å². The van der Waals surface area contributed by atoms with Crippen molar-refractivity contribution < 1.29 is 14.6 Å². The number of methoxy groups -OCH3 is 1. The maximum Gasteiger partial charge on any atom is 0.182 e. The number of carbonyl (C=O) groups excluding carboxylic acids is 1. The van der Waals surface area contributed by atoms with Gasteiger partial charge in [-0.1, -0.05) is 73.1 Å². The lowest BCUT2D eigenvalue weighted by Gasteiger charge is -2.28. The first-order valence-electron chi connectivity index (χ1n) is 12.7. The molecule has 0 spiro atoms. The van der Waals surface area contributed by atoms with Gasteiger partial charge in [-0.3, -0.25) is 10.2 Å². The van der Waals surface area contributed by atoms with Crippen molar-refractivity contribution in [2.45, 2.75) is 78.1 Å². The minimum absolute atomic E-state index is 0. The van der Waals surface area contributed by atoms with Crippen molar-refractivity contribution in [3.05, 3.63) is 58.7 Å². The standard InChI is InChI=1S/C30H42N2O3.BrH/c1-9-12-19-17-32(28(31)26(19)21-13-10-11-14-25(21)35-8)18-24(33)20-15-22(29(2,3)4)27(34)23(16-20)30(5,6)7;/h10-11,13-16,19,26,31,34H,9,12,17-18H2,1-8H3;1H. The van der Waals surface area contributed by atoms with E-state index in [1.165, 1.54) is 0 Å². The van der Waals surface area contributed by atoms with Crippen LogP contribution in [-0.2, 0) is 10.8 Å². The molecule has 1 aliphatic rings. The average molecular weight is 560 g/mol. The van der Waals surface area contributed by atoms with Gasteiger partial charge in [0.15, 0.2) is 5.78 Å². The number of Topliss-reactive ketones (excluding diaryl/α,β-unsaturated/α-hetero) is 1. The molecule has 0 radical (unpaired) electrons. The fourth-order valence-corrected chi connectivity index (χ4v) is 5.21. The number of nitrogens with zero attached hydrogens (tertiary/aromatic N) is 1. The molecule has 2 aromatic rings. The van der Waals surface area contributed by atoms with Crippen molar-refractivity contribution in [3.8, 4) is 11.5 Å². The molecule has 5 nitrogen and oxygen atoms in total. The molecule has 2 unspecified atom stereocenters. The number of hydrogen-bond acceptors (Lipinski definition) is 4. The third-order valence-corrected chi connectivity index (χ3v) is 7.08. The van der Waals surface area contributed by atoms with Crippen LogP contribution >= 0.6 is 17.0 Å². The summed E-state index contributed by atoms with van der Waals surface area (Å²) in [4.78, 5) is 15.5. The van der Waals surface area contributed by atoms with E-state index in [1.54, 1.807) is 7.11 Å². The highest BCUT2D eigenvalue weighted by molar-refractivity contribution is 8.93. The Balaban J connectivity index is 0.00000456. The van der Waals surface area contributed by atoms with Crippen molar-refractivity contribution in [3.63, 3.8) is 0 Å². The number of benzene rings is 2. The van der Waals surface area contributed by atoms with Gasteiger partial charge in [0, 0.05) is 34.7 Å². The van der Waals surface area contributed by atoms with Gasteiger partial charge in [-0.05, 0) is 41.4 Å². The quantitative estimate of drug-likeness (QED) is 0.351. The van der Waals surface area contributed by atoms with Crippen LogP contribution in [0, 0.1) is 11.3 Å². The fraction of sp³-hybridized carbons (Fsp3) is 0.533. The zero-order chi connectivity index (χ0) is 26.1. The normalized spacial score (nSPS) is 18.2. The molecule has 1 heterocycles. The van der Waals surface area contributed by atoms with Crippen LogP contribution in [0.4, 0.5) is 0 Å². The van der Waals surface area contributed by atoms with Gasteiger partial charge in [-0.15, -0.1) is 17.0 Å². The first-order valence-corrected chi connectivity index (χ1v) is 12.7. The predicted molar refractivity (Wildman–Crippen MR) is 154 cm³/mol. The Morgan fingerprint density at radius 3 is 2.14 bits per heavy atom. The minimum Gasteiger partial charge on any atom is -0.507 e. The molecular formula is C30H43BrN2O3. The molecule has 198 valence electrons. The smallest absolute Gasteiger partial charge is 0.182 e. The van der Waals surface area contributed by atoms with Crippen LogP contribution in [0.15, 0.2) is 36.4 Å². The van der Waals surface area contributed by atoms with Crippen molar-refractivity contribution in [1.29, 1.82) is 5.41 Å². The Morgan fingerprint density at radius 1 is 1.08 bits per heavy atom. The summed E-state index contributed by atoms with van der Waals surface area (Å²) in [6.45, 7) is 15.3. The number of phenolic OH excluding ortho intramolecular Hbond substituents is 1. The lowest BCUT2D eigenvalue weighted by molar-refractivity contribution is 0.0963. The summed E-state index contributed by atoms with van der Waals surface area (Å²) >= 11 is 0. The van der Waals surface area contributed by atoms with Gasteiger partial charge in [0.25, 0.3) is 0 Å². The van der Waals surface area contributed by atoms with Gasteiger partial charge in [0.2, 0.25) is 0 Å². The molecule has 1 aliphatic heterocycles. The molecular weight excluding hydrogens is 516 g/mol. The molecule has 2 atom stereocenters. The summed E-state index contributed by atoms with van der Waals surface area (Å²) in [5, 5.41) is 20.1. The van der Waals surface area contributed by atoms with Gasteiger partial charge in [0.05, 0.1) is 13.7 Å². The summed E-state index contributed by atoms with van der Waals surface area (Å²) in [6.07, 6.45) is 2.00. The van der Waals surface area contributed by atoms with Crippen LogP contribution in [0.25, 0.3) is 0 Å². The molecule has 6 heteroatoms. The monoisotopic (exact) mass is 558 g/mol. The molecule has 2 aromatic carbocycles. The summed E-state index contributed by atoms with van der Waals surface area (Å²) in [5.41, 5.74) is 2.56. The number of aromatic hydroxyl groups is 1. The van der Waals surface area contributed by atoms with Crippen molar-refractivity contribution in [2.24, 2.45) is 5.92 Å². The maximum atomic E-state index is 13.6. The zero-order valence-electron chi connectivity index (χ0n) is 23.1. The predicted octanol–water partition coefficient (Wildman–Crippen LogP) is 7.25. The SMILES string of the molecule is Br.CCCC1CN(CC(=O)c2cc(C(C)(C)C)c(O)c(C(C)(C)C)c2)C(=N)C1c1ccccc1OC. The number of hydrogen-bond donors (Lipinski definition) is 2. The highest BCUT2D eigenvalue weighted by Crippen LogP contribution is 2.42. The third-order valence-electron chi connectivity index (χ3n) is 7.08. The van der Waals surface area contributed by atoms with Crippen molar-refractivity contribution in [1.82, 2.24) is 4.90 Å². The Hall–Kier alpha value is -2.34. The third kappa shape index (κ3) is 6.13. The van der Waals surface area contributed by atoms with Gasteiger partial charge >= 0.3 is 0 Å². The zero-order valence-corrected chi connectivity index (χ0v) is 24.8. The fourth-order valence-electron chi connectivity index (χ4n) is 5.21. The summed E-state index contributed by atoms with van der Waals surface area (Å²) in [6, 6.07) is 11.6. The Bertz CT molecular complexity index is 1060. The van der Waals surface area contributed by atoms with Crippen LogP contribution in [-0.4, -0.2) is 41.8 Å². The molecule has 1 fully saturated rings. The molecule has 3 rings (SSSR count). The number of nitrogens with one attached hydrogen (secondary N) is 1. The lowest BCUT2D eigenvalue weighted by Crippen LogP contribution is -2.32. The Labute approximate surface area is 227 Å². The number of ether oxygens (including phenoxy) is 1. The molecule has 1 saturated heterocycles. The van der Waals surface area contributed by atoms with Crippen LogP contribution in [0.1, 0.15) is 94.3 Å². The molecule has 0 aliphatic carbocycles. The van der Waals surface area contributed by atoms with E-state index in [4.69, 9.17) is 10.1 Å². The molecule has 0 saturated carbocycles. The van der Waals surface area contributed by atoms with Crippen molar-refractivity contribution in [2.75, 3.05) is 20.2 Å². The second-order valence-electron chi connectivity index (χ2n) is 11.9. The molecule has 0 aromatic heterocycles. The molecule has 2 N–H and O–H groups in total. The summed E-state index contributed by atoms with van der Waals surface area (Å²) < 4.78 is 5.61. The number of carbonyl (C=O) groups is 1. The number of ketones is 1. The van der Waals surface area contributed by atoms with E-state index in [0.717, 1.165) is 35.3 Å². The molecule has 0 bridgehead atoms. The van der Waals surface area contributed by atoms with Gasteiger partial charge in [0.1, 0.15) is 17.3 Å². The number of phenols is 1. The number of amidine groups is 1. The van der Waals surface area contributed by atoms with Gasteiger partial charge in [-0.2, -0.15) is 0 Å². The van der Waals surface area contributed by atoms with E-state index in [9.17, 15) is 9.90 Å². The summed E-state index contributed by atoms with van der Waals surface area (Å²) in [7, 11) is 1.66. The Kier molecular flexibility index (Phi) is 9.44. The first kappa shape index (κ1) is 29.9. The highest BCUT2D eigenvalue weighted by Gasteiger charge is 2.40. The Morgan fingerprint density at radius 2 is 1.64 bits per heavy atom. The minimum atomic E-state index is -0.304. The van der Waals surface area contributed by atoms with Gasteiger partial charge in [-0.25, -0.2) is 0 Å². The number of rotatable bonds is 7. The number of para-hydroxylation sites is 1. The van der Waals surface area contributed by atoms with E-state index in [0.29, 0.717) is 17.9 Å². The topological polar surface area (TPSA) is 73.6 Å². The van der Waals surface area contributed by atoms with Crippen LogP contribution in [0.2, 0.25) is 0 Å². The average Bonchev–Trinajstić information content (AvgIpc) is 3.06.